The molecule has 2 aliphatic carbocycles. The standard InChI is InChI=1S/C19H13NO2/c21-19(22)14-6-3-5-13-15-8-12(15)10-20-16-7-2-1-4-11(16)9-17(20)18(13)14/h1-5,7-10,14H,6H2,(H,21,22)/t14-/m1/s1. The molecule has 0 unspecified atom stereocenters. The summed E-state index contributed by atoms with van der Waals surface area (Å²) >= 11 is 0. The highest BCUT2D eigenvalue weighted by molar-refractivity contribution is 6.00. The number of carboxylic acid groups (broad SMARTS) is 1. The number of nitrogens with zero attached hydrogens (tertiary/aromatic N) is 1. The van der Waals surface area contributed by atoms with Crippen LogP contribution in [0.3, 0.4) is 0 Å². The molecule has 106 valence electrons. The number of allylic oxidation sites excluding steroid dienone is 6. The lowest BCUT2D eigenvalue weighted by molar-refractivity contribution is -0.139. The van der Waals surface area contributed by atoms with Gasteiger partial charge in [-0.2, -0.15) is 0 Å². The van der Waals surface area contributed by atoms with Gasteiger partial charge in [0.15, 0.2) is 0 Å². The molecule has 5 rings (SSSR count). The number of aliphatic carboxylic acids is 1. The van der Waals surface area contributed by atoms with Gasteiger partial charge < -0.3 is 9.67 Å². The summed E-state index contributed by atoms with van der Waals surface area (Å²) in [5.41, 5.74) is 6.53. The van der Waals surface area contributed by atoms with Crippen LogP contribution in [0.2, 0.25) is 0 Å². The van der Waals surface area contributed by atoms with E-state index in [0.29, 0.717) is 6.42 Å². The van der Waals surface area contributed by atoms with Crippen molar-refractivity contribution in [3.05, 3.63) is 71.0 Å². The van der Waals surface area contributed by atoms with E-state index >= 15 is 0 Å². The van der Waals surface area contributed by atoms with Gasteiger partial charge in [0.2, 0.25) is 0 Å². The fraction of sp³-hybridized carbons (Fsp3) is 0.105. The summed E-state index contributed by atoms with van der Waals surface area (Å²) < 4.78 is 2.14. The largest absolute Gasteiger partial charge is 0.481 e. The maximum atomic E-state index is 11.8. The average molecular weight is 287 g/mol. The molecule has 1 N–H and O–H groups in total. The highest BCUT2D eigenvalue weighted by atomic mass is 16.4. The topological polar surface area (TPSA) is 42.2 Å². The van der Waals surface area contributed by atoms with E-state index in [0.717, 1.165) is 27.7 Å². The zero-order valence-electron chi connectivity index (χ0n) is 11.8. The van der Waals surface area contributed by atoms with Crippen LogP contribution >= 0.6 is 0 Å². The van der Waals surface area contributed by atoms with E-state index in [9.17, 15) is 9.90 Å². The van der Waals surface area contributed by atoms with E-state index in [1.807, 2.05) is 18.2 Å². The summed E-state index contributed by atoms with van der Waals surface area (Å²) in [5.74, 6) is -1.23. The molecular formula is C19H13NO2. The van der Waals surface area contributed by atoms with Gasteiger partial charge in [-0.15, -0.1) is 0 Å². The second kappa shape index (κ2) is 3.89. The Hall–Kier alpha value is -2.81. The molecule has 3 nitrogen and oxygen atoms in total. The van der Waals surface area contributed by atoms with Crippen molar-refractivity contribution in [2.45, 2.75) is 6.42 Å². The number of carboxylic acids is 1. The second-order valence-electron chi connectivity index (χ2n) is 5.96. The molecule has 0 saturated carbocycles. The molecule has 2 heterocycles. The van der Waals surface area contributed by atoms with E-state index in [1.165, 1.54) is 11.1 Å². The van der Waals surface area contributed by atoms with Gasteiger partial charge in [0.25, 0.3) is 0 Å². The fourth-order valence-corrected chi connectivity index (χ4v) is 3.61. The second-order valence-corrected chi connectivity index (χ2v) is 5.96. The van der Waals surface area contributed by atoms with Gasteiger partial charge in [-0.05, 0) is 46.9 Å². The van der Waals surface area contributed by atoms with Crippen molar-refractivity contribution in [2.24, 2.45) is 5.92 Å². The number of fused-ring (bicyclic) bond motifs is 6. The first-order valence-electron chi connectivity index (χ1n) is 7.42. The SMILES string of the molecule is O=C(O)[C@@H]1CC=CC2=C1c1cc3ccccc3n1C=C1C=C12. The van der Waals surface area contributed by atoms with E-state index in [1.54, 1.807) is 0 Å². The Labute approximate surface area is 127 Å². The third-order valence-corrected chi connectivity index (χ3v) is 4.70. The van der Waals surface area contributed by atoms with Crippen LogP contribution in [0.4, 0.5) is 0 Å². The zero-order valence-corrected chi connectivity index (χ0v) is 11.8. The van der Waals surface area contributed by atoms with Crippen molar-refractivity contribution in [3.63, 3.8) is 0 Å². The quantitative estimate of drug-likeness (QED) is 0.865. The zero-order chi connectivity index (χ0) is 14.8. The molecule has 2 aromatic rings. The third kappa shape index (κ3) is 1.43. The molecule has 3 aliphatic rings. The van der Waals surface area contributed by atoms with Crippen LogP contribution in [0.25, 0.3) is 22.7 Å². The minimum Gasteiger partial charge on any atom is -0.481 e. The Bertz CT molecular complexity index is 982. The number of benzene rings is 1. The Kier molecular flexibility index (Phi) is 2.09. The summed E-state index contributed by atoms with van der Waals surface area (Å²) in [4.78, 5) is 11.8. The lowest BCUT2D eigenvalue weighted by atomic mass is 9.84. The predicted molar refractivity (Wildman–Crippen MR) is 86.1 cm³/mol. The van der Waals surface area contributed by atoms with Crippen LogP contribution in [0.15, 0.2) is 65.3 Å². The molecule has 0 saturated heterocycles. The smallest absolute Gasteiger partial charge is 0.311 e. The number of carbonyl (C=O) groups is 1. The van der Waals surface area contributed by atoms with Gasteiger partial charge in [-0.25, -0.2) is 0 Å². The Morgan fingerprint density at radius 1 is 1.27 bits per heavy atom. The molecule has 0 amide bonds. The van der Waals surface area contributed by atoms with Crippen molar-refractivity contribution in [1.29, 1.82) is 0 Å². The Morgan fingerprint density at radius 2 is 2.14 bits per heavy atom. The first kappa shape index (κ1) is 11.8. The normalized spacial score (nSPS) is 21.5. The predicted octanol–water partition coefficient (Wildman–Crippen LogP) is 3.85. The first-order valence-corrected chi connectivity index (χ1v) is 7.42. The minimum atomic E-state index is -0.752. The molecular weight excluding hydrogens is 274 g/mol. The lowest BCUT2D eigenvalue weighted by Crippen LogP contribution is -2.19. The molecule has 0 spiro atoms. The first-order chi connectivity index (χ1) is 10.7. The summed E-state index contributed by atoms with van der Waals surface area (Å²) in [6.45, 7) is 0. The number of para-hydroxylation sites is 1. The van der Waals surface area contributed by atoms with Gasteiger partial charge >= 0.3 is 5.97 Å². The number of rotatable bonds is 1. The number of aromatic nitrogens is 1. The van der Waals surface area contributed by atoms with Crippen molar-refractivity contribution in [3.8, 4) is 0 Å². The Balaban J connectivity index is 1.88. The van der Waals surface area contributed by atoms with E-state index in [2.05, 4.69) is 41.1 Å². The molecule has 22 heavy (non-hydrogen) atoms. The highest BCUT2D eigenvalue weighted by Crippen LogP contribution is 2.48. The number of hydrogen-bond acceptors (Lipinski definition) is 1. The van der Waals surface area contributed by atoms with Crippen molar-refractivity contribution < 1.29 is 9.90 Å². The molecule has 1 atom stereocenters. The van der Waals surface area contributed by atoms with Crippen LogP contribution in [0.1, 0.15) is 12.1 Å². The van der Waals surface area contributed by atoms with Crippen molar-refractivity contribution in [2.75, 3.05) is 0 Å². The van der Waals surface area contributed by atoms with Crippen LogP contribution in [0, 0.1) is 5.92 Å². The maximum Gasteiger partial charge on any atom is 0.311 e. The molecule has 0 fully saturated rings. The summed E-state index contributed by atoms with van der Waals surface area (Å²) in [5, 5.41) is 10.8. The molecule has 1 aromatic heterocycles. The van der Waals surface area contributed by atoms with E-state index in [-0.39, 0.29) is 0 Å². The monoisotopic (exact) mass is 287 g/mol. The van der Waals surface area contributed by atoms with Gasteiger partial charge in [-0.3, -0.25) is 4.79 Å². The van der Waals surface area contributed by atoms with Crippen LogP contribution in [0.5, 0.6) is 0 Å². The summed E-state index contributed by atoms with van der Waals surface area (Å²) in [6, 6.07) is 10.3. The highest BCUT2D eigenvalue weighted by Gasteiger charge is 2.35. The summed E-state index contributed by atoms with van der Waals surface area (Å²) in [6.07, 6.45) is 8.86. The fourth-order valence-electron chi connectivity index (χ4n) is 3.61. The van der Waals surface area contributed by atoms with Crippen LogP contribution < -0.4 is 0 Å². The van der Waals surface area contributed by atoms with Gasteiger partial charge in [0.1, 0.15) is 0 Å². The van der Waals surface area contributed by atoms with Gasteiger partial charge in [0.05, 0.1) is 17.1 Å². The maximum absolute atomic E-state index is 11.8. The van der Waals surface area contributed by atoms with Crippen molar-refractivity contribution in [1.82, 2.24) is 4.57 Å². The van der Waals surface area contributed by atoms with Gasteiger partial charge in [0, 0.05) is 11.6 Å². The summed E-state index contributed by atoms with van der Waals surface area (Å²) in [7, 11) is 0. The number of hydrogen-bond donors (Lipinski definition) is 1. The van der Waals surface area contributed by atoms with Crippen LogP contribution in [-0.4, -0.2) is 15.6 Å². The van der Waals surface area contributed by atoms with Gasteiger partial charge in [-0.1, -0.05) is 30.4 Å². The minimum absolute atomic E-state index is 0.475. The van der Waals surface area contributed by atoms with E-state index < -0.39 is 11.9 Å². The molecule has 1 aromatic carbocycles. The molecule has 0 radical (unpaired) electrons. The average Bonchev–Trinajstić information content (AvgIpc) is 3.22. The molecule has 0 bridgehead atoms. The third-order valence-electron chi connectivity index (χ3n) is 4.70. The van der Waals surface area contributed by atoms with Crippen molar-refractivity contribution >= 4 is 28.6 Å². The molecule has 3 heteroatoms. The van der Waals surface area contributed by atoms with E-state index in [4.69, 9.17) is 0 Å². The van der Waals surface area contributed by atoms with Crippen LogP contribution in [-0.2, 0) is 4.79 Å². The molecule has 1 aliphatic heterocycles. The lowest BCUT2D eigenvalue weighted by Gasteiger charge is -2.21. The Morgan fingerprint density at radius 3 is 3.00 bits per heavy atom.